The van der Waals surface area contributed by atoms with Crippen molar-refractivity contribution in [1.29, 1.82) is 0 Å². The predicted octanol–water partition coefficient (Wildman–Crippen LogP) is 2.90. The van der Waals surface area contributed by atoms with E-state index in [0.717, 1.165) is 49.1 Å². The second kappa shape index (κ2) is 10.1. The van der Waals surface area contributed by atoms with E-state index in [0.29, 0.717) is 17.6 Å². The minimum atomic E-state index is -0.995. The number of nitrogens with zero attached hydrogens (tertiary/aromatic N) is 2. The molecule has 3 aromatic rings. The Hall–Kier alpha value is -3.15. The van der Waals surface area contributed by atoms with Crippen LogP contribution in [0.3, 0.4) is 0 Å². The lowest BCUT2D eigenvalue weighted by molar-refractivity contribution is -0.697. The highest BCUT2D eigenvalue weighted by Crippen LogP contribution is 2.24. The van der Waals surface area contributed by atoms with Crippen molar-refractivity contribution in [2.24, 2.45) is 0 Å². The van der Waals surface area contributed by atoms with Crippen LogP contribution in [0.5, 0.6) is 0 Å². The zero-order valence-corrected chi connectivity index (χ0v) is 17.6. The van der Waals surface area contributed by atoms with E-state index in [9.17, 15) is 14.7 Å². The molecule has 0 N–H and O–H groups in total. The number of hydrogen-bond acceptors (Lipinski definition) is 5. The summed E-state index contributed by atoms with van der Waals surface area (Å²) >= 11 is 0. The van der Waals surface area contributed by atoms with Crippen LogP contribution in [-0.2, 0) is 11.3 Å². The zero-order valence-electron chi connectivity index (χ0n) is 17.6. The first-order chi connectivity index (χ1) is 14.5. The van der Waals surface area contributed by atoms with Gasteiger partial charge in [-0.2, -0.15) is 0 Å². The first-order valence-corrected chi connectivity index (χ1v) is 10.5. The molecule has 0 bridgehead atoms. The first kappa shape index (κ1) is 21.6. The van der Waals surface area contributed by atoms with Gasteiger partial charge < -0.3 is 19.2 Å². The van der Waals surface area contributed by atoms with E-state index < -0.39 is 5.97 Å². The van der Waals surface area contributed by atoms with Crippen molar-refractivity contribution in [3.63, 3.8) is 0 Å². The smallest absolute Gasteiger partial charge is 0.344 e. The third-order valence-electron chi connectivity index (χ3n) is 5.35. The fraction of sp³-hybridized carbons (Fsp3) is 0.375. The summed E-state index contributed by atoms with van der Waals surface area (Å²) in [6.07, 6.45) is 6.34. The second-order valence-electron chi connectivity index (χ2n) is 7.35. The predicted molar refractivity (Wildman–Crippen MR) is 115 cm³/mol. The average molecular weight is 408 g/mol. The van der Waals surface area contributed by atoms with Crippen molar-refractivity contribution in [2.45, 2.75) is 46.1 Å². The Balaban J connectivity index is 1.74. The van der Waals surface area contributed by atoms with E-state index in [4.69, 9.17) is 4.42 Å². The van der Waals surface area contributed by atoms with Crippen LogP contribution in [0.1, 0.15) is 39.5 Å². The molecule has 2 aromatic heterocycles. The van der Waals surface area contributed by atoms with Gasteiger partial charge in [0.15, 0.2) is 12.4 Å². The molecule has 30 heavy (non-hydrogen) atoms. The maximum absolute atomic E-state index is 12.6. The lowest BCUT2D eigenvalue weighted by Crippen LogP contribution is -2.32. The molecule has 3 rings (SSSR count). The Kier molecular flexibility index (Phi) is 7.22. The van der Waals surface area contributed by atoms with Gasteiger partial charge in [0.2, 0.25) is 0 Å². The number of carbonyl (C=O) groups is 1. The molecule has 0 amide bonds. The topological polar surface area (TPSA) is 77.5 Å². The fourth-order valence-corrected chi connectivity index (χ4v) is 3.61. The molecule has 6 heteroatoms. The summed E-state index contributed by atoms with van der Waals surface area (Å²) in [7, 11) is 0. The van der Waals surface area contributed by atoms with E-state index in [1.165, 1.54) is 0 Å². The Morgan fingerprint density at radius 2 is 1.77 bits per heavy atom. The van der Waals surface area contributed by atoms with Crippen LogP contribution >= 0.6 is 0 Å². The maximum Gasteiger partial charge on any atom is 0.344 e. The third kappa shape index (κ3) is 5.26. The standard InChI is InChI=1S/C24H28N2O4/c1-3-26(4-2)20-10-9-19-16-21(24(29)30-22(19)17-20)18-11-14-25(15-12-18)13-7-5-6-8-23(27)28/h9-12,14-17H,3-8,13H2,1-2H3. The Morgan fingerprint density at radius 3 is 2.43 bits per heavy atom. The first-order valence-electron chi connectivity index (χ1n) is 10.5. The molecule has 6 nitrogen and oxygen atoms in total. The van der Waals surface area contributed by atoms with Crippen LogP contribution in [0.2, 0.25) is 0 Å². The number of unbranched alkanes of at least 4 members (excludes halogenated alkanes) is 2. The quantitative estimate of drug-likeness (QED) is 0.293. The SMILES string of the molecule is CCN(CC)c1ccc2cc(-c3cc[n+](CCCCCC(=O)[O-])cc3)c(=O)oc2c1. The lowest BCUT2D eigenvalue weighted by atomic mass is 10.1. The number of carboxylic acids is 1. The van der Waals surface area contributed by atoms with Crippen LogP contribution in [0, 0.1) is 0 Å². The van der Waals surface area contributed by atoms with E-state index in [2.05, 4.69) is 24.8 Å². The zero-order chi connectivity index (χ0) is 21.5. The van der Waals surface area contributed by atoms with Gasteiger partial charge in [-0.05, 0) is 51.3 Å². The lowest BCUT2D eigenvalue weighted by Gasteiger charge is -2.21. The largest absolute Gasteiger partial charge is 0.550 e. The number of rotatable bonds is 10. The van der Waals surface area contributed by atoms with Crippen molar-refractivity contribution < 1.29 is 18.9 Å². The molecule has 2 heterocycles. The molecule has 0 radical (unpaired) electrons. The Labute approximate surface area is 176 Å². The van der Waals surface area contributed by atoms with Crippen molar-refractivity contribution in [3.8, 4) is 11.1 Å². The van der Waals surface area contributed by atoms with E-state index >= 15 is 0 Å². The highest BCUT2D eigenvalue weighted by Gasteiger charge is 2.11. The van der Waals surface area contributed by atoms with Gasteiger partial charge in [0.1, 0.15) is 12.1 Å². The third-order valence-corrected chi connectivity index (χ3v) is 5.35. The van der Waals surface area contributed by atoms with Crippen LogP contribution in [-0.4, -0.2) is 19.1 Å². The number of carboxylic acid groups (broad SMARTS) is 1. The van der Waals surface area contributed by atoms with Gasteiger partial charge >= 0.3 is 5.63 Å². The minimum Gasteiger partial charge on any atom is -0.550 e. The molecule has 0 aliphatic rings. The Bertz CT molecular complexity index is 1050. The number of aromatic nitrogens is 1. The summed E-state index contributed by atoms with van der Waals surface area (Å²) in [4.78, 5) is 25.2. The molecule has 0 atom stereocenters. The van der Waals surface area contributed by atoms with Gasteiger partial charge in [-0.1, -0.05) is 0 Å². The van der Waals surface area contributed by atoms with E-state index in [-0.39, 0.29) is 12.0 Å². The van der Waals surface area contributed by atoms with Crippen molar-refractivity contribution in [1.82, 2.24) is 0 Å². The molecule has 0 aliphatic heterocycles. The van der Waals surface area contributed by atoms with E-state index in [1.807, 2.05) is 47.3 Å². The summed E-state index contributed by atoms with van der Waals surface area (Å²) in [6.45, 7) is 6.79. The molecule has 0 saturated heterocycles. The summed E-state index contributed by atoms with van der Waals surface area (Å²) < 4.78 is 7.66. The van der Waals surface area contributed by atoms with Gasteiger partial charge in [-0.15, -0.1) is 0 Å². The Morgan fingerprint density at radius 1 is 1.03 bits per heavy atom. The van der Waals surface area contributed by atoms with Gasteiger partial charge in [0.25, 0.3) is 0 Å². The molecular weight excluding hydrogens is 380 g/mol. The van der Waals surface area contributed by atoms with Crippen LogP contribution in [0.4, 0.5) is 5.69 Å². The minimum absolute atomic E-state index is 0.109. The number of benzene rings is 1. The van der Waals surface area contributed by atoms with Crippen molar-refractivity contribution in [3.05, 3.63) is 59.2 Å². The fourth-order valence-electron chi connectivity index (χ4n) is 3.61. The van der Waals surface area contributed by atoms with Gasteiger partial charge in [0, 0.05) is 60.3 Å². The number of pyridine rings is 1. The molecular formula is C24H28N2O4. The number of aliphatic carboxylic acids is 1. The highest BCUT2D eigenvalue weighted by atomic mass is 16.4. The van der Waals surface area contributed by atoms with Gasteiger partial charge in [-0.25, -0.2) is 9.36 Å². The molecule has 0 saturated carbocycles. The summed E-state index contributed by atoms with van der Waals surface area (Å²) in [5, 5.41) is 11.3. The number of carbonyl (C=O) groups excluding carboxylic acids is 1. The number of aryl methyl sites for hydroxylation is 1. The van der Waals surface area contributed by atoms with Gasteiger partial charge in [-0.3, -0.25) is 0 Å². The summed E-state index contributed by atoms with van der Waals surface area (Å²) in [5.41, 5.74) is 2.64. The summed E-state index contributed by atoms with van der Waals surface area (Å²) in [6, 6.07) is 11.7. The van der Waals surface area contributed by atoms with Crippen molar-refractivity contribution >= 4 is 22.6 Å². The number of anilines is 1. The van der Waals surface area contributed by atoms with Crippen LogP contribution in [0.15, 0.2) is 58.0 Å². The molecule has 0 fully saturated rings. The van der Waals surface area contributed by atoms with Crippen molar-refractivity contribution in [2.75, 3.05) is 18.0 Å². The molecule has 0 unspecified atom stereocenters. The highest BCUT2D eigenvalue weighted by molar-refractivity contribution is 5.84. The second-order valence-corrected chi connectivity index (χ2v) is 7.35. The van der Waals surface area contributed by atoms with E-state index in [1.54, 1.807) is 0 Å². The average Bonchev–Trinajstić information content (AvgIpc) is 2.74. The summed E-state index contributed by atoms with van der Waals surface area (Å²) in [5.74, 6) is -0.995. The van der Waals surface area contributed by atoms with Crippen LogP contribution in [0.25, 0.3) is 22.1 Å². The molecule has 0 spiro atoms. The number of fused-ring (bicyclic) bond motifs is 1. The molecule has 158 valence electrons. The normalized spacial score (nSPS) is 11.0. The maximum atomic E-state index is 12.6. The van der Waals surface area contributed by atoms with Crippen LogP contribution < -0.4 is 20.2 Å². The number of hydrogen-bond donors (Lipinski definition) is 0. The molecule has 1 aromatic carbocycles. The van der Waals surface area contributed by atoms with Gasteiger partial charge in [0.05, 0.1) is 5.56 Å². The molecule has 0 aliphatic carbocycles. The monoisotopic (exact) mass is 408 g/mol.